The van der Waals surface area contributed by atoms with E-state index in [1.165, 1.54) is 10.4 Å². The van der Waals surface area contributed by atoms with Crippen LogP contribution in [0.3, 0.4) is 0 Å². The Balaban J connectivity index is 1.39. The van der Waals surface area contributed by atoms with Crippen molar-refractivity contribution in [3.63, 3.8) is 0 Å². The van der Waals surface area contributed by atoms with Crippen molar-refractivity contribution >= 4 is 5.97 Å². The van der Waals surface area contributed by atoms with E-state index < -0.39 is 5.97 Å². The number of aryl methyl sites for hydroxylation is 1. The molecule has 1 fully saturated rings. The average Bonchev–Trinajstić information content (AvgIpc) is 3.41. The van der Waals surface area contributed by atoms with E-state index in [9.17, 15) is 9.90 Å². The highest BCUT2D eigenvalue weighted by molar-refractivity contribution is 5.66. The van der Waals surface area contributed by atoms with Gasteiger partial charge >= 0.3 is 5.97 Å². The Labute approximate surface area is 229 Å². The van der Waals surface area contributed by atoms with E-state index in [2.05, 4.69) is 82.4 Å². The van der Waals surface area contributed by atoms with Crippen LogP contribution in [0.4, 0.5) is 0 Å². The molecule has 8 nitrogen and oxygen atoms in total. The lowest BCUT2D eigenvalue weighted by Crippen LogP contribution is -2.56. The van der Waals surface area contributed by atoms with E-state index in [0.29, 0.717) is 17.8 Å². The zero-order valence-corrected chi connectivity index (χ0v) is 22.4. The molecule has 3 atom stereocenters. The number of hydrogen-bond acceptors (Lipinski definition) is 6. The smallest absolute Gasteiger partial charge is 0.305 e. The van der Waals surface area contributed by atoms with Gasteiger partial charge in [-0.3, -0.25) is 14.6 Å². The molecule has 2 heterocycles. The predicted octanol–water partition coefficient (Wildman–Crippen LogP) is 4.81. The fourth-order valence-electron chi connectivity index (χ4n) is 5.46. The van der Waals surface area contributed by atoms with Crippen LogP contribution < -0.4 is 0 Å². The van der Waals surface area contributed by atoms with Crippen molar-refractivity contribution in [1.29, 1.82) is 0 Å². The minimum atomic E-state index is -0.874. The van der Waals surface area contributed by atoms with Gasteiger partial charge in [0.25, 0.3) is 0 Å². The number of piperazine rings is 1. The molecule has 0 aliphatic carbocycles. The van der Waals surface area contributed by atoms with Crippen molar-refractivity contribution in [2.24, 2.45) is 0 Å². The normalized spacial score (nSPS) is 19.1. The molecular formula is C31H35N5O3. The molecule has 3 aromatic carbocycles. The van der Waals surface area contributed by atoms with Gasteiger partial charge in [0.05, 0.1) is 25.2 Å². The molecule has 1 aliphatic rings. The number of benzene rings is 3. The molecule has 5 rings (SSSR count). The Kier molecular flexibility index (Phi) is 8.05. The molecule has 1 saturated heterocycles. The minimum absolute atomic E-state index is 0.0197. The van der Waals surface area contributed by atoms with Crippen LogP contribution in [-0.4, -0.2) is 66.1 Å². The van der Waals surface area contributed by atoms with Gasteiger partial charge in [-0.1, -0.05) is 66.7 Å². The molecule has 8 heteroatoms. The van der Waals surface area contributed by atoms with E-state index in [1.54, 1.807) is 12.3 Å². The zero-order valence-electron chi connectivity index (χ0n) is 22.4. The largest absolute Gasteiger partial charge is 0.508 e. The molecule has 0 amide bonds. The lowest BCUT2D eigenvalue weighted by Gasteiger charge is -2.47. The zero-order chi connectivity index (χ0) is 27.4. The maximum Gasteiger partial charge on any atom is 0.305 e. The van der Waals surface area contributed by atoms with Crippen LogP contribution in [0.15, 0.2) is 85.1 Å². The molecule has 0 spiro atoms. The first-order chi connectivity index (χ1) is 18.9. The summed E-state index contributed by atoms with van der Waals surface area (Å²) in [7, 11) is 0. The first kappa shape index (κ1) is 26.6. The first-order valence-electron chi connectivity index (χ1n) is 13.4. The van der Waals surface area contributed by atoms with Crippen LogP contribution in [-0.2, 0) is 17.9 Å². The van der Waals surface area contributed by atoms with E-state index in [4.69, 9.17) is 5.11 Å². The fourth-order valence-corrected chi connectivity index (χ4v) is 5.46. The van der Waals surface area contributed by atoms with Gasteiger partial charge < -0.3 is 10.2 Å². The summed E-state index contributed by atoms with van der Waals surface area (Å²) in [6, 6.07) is 27.1. The van der Waals surface area contributed by atoms with Crippen molar-refractivity contribution in [2.45, 2.75) is 51.5 Å². The van der Waals surface area contributed by atoms with Crippen molar-refractivity contribution in [3.8, 4) is 17.0 Å². The van der Waals surface area contributed by atoms with Gasteiger partial charge in [-0.25, -0.2) is 0 Å². The number of carbonyl (C=O) groups is 1. The number of phenols is 1. The van der Waals surface area contributed by atoms with E-state index in [1.807, 2.05) is 24.3 Å². The monoisotopic (exact) mass is 525 g/mol. The molecule has 1 aliphatic heterocycles. The van der Waals surface area contributed by atoms with Crippen LogP contribution in [0, 0.1) is 0 Å². The Morgan fingerprint density at radius 2 is 1.72 bits per heavy atom. The van der Waals surface area contributed by atoms with Gasteiger partial charge in [0.15, 0.2) is 0 Å². The number of aromatic hydroxyl groups is 1. The number of aliphatic carboxylic acids is 1. The summed E-state index contributed by atoms with van der Waals surface area (Å²) in [5.74, 6) is -0.615. The summed E-state index contributed by atoms with van der Waals surface area (Å²) in [4.78, 5) is 17.4. The standard InChI is InChI=1S/C31H35N5O3/c1-22-20-35(23(2)19-34(22)21-24-7-4-3-5-8-24)31(27-9-6-10-28(37)17-27)26-13-11-25(12-14-26)29-18-32-36(33-29)16-15-30(38)39/h3-14,17-18,22-23,31,37H,15-16,19-21H2,1-2H3,(H,38,39)/t22-,23+,31-/m1/s1. The van der Waals surface area contributed by atoms with Crippen molar-refractivity contribution in [1.82, 2.24) is 24.8 Å². The van der Waals surface area contributed by atoms with Crippen LogP contribution in [0.2, 0.25) is 0 Å². The molecule has 0 radical (unpaired) electrons. The van der Waals surface area contributed by atoms with Crippen LogP contribution >= 0.6 is 0 Å². The summed E-state index contributed by atoms with van der Waals surface area (Å²) >= 11 is 0. The van der Waals surface area contributed by atoms with Crippen molar-refractivity contribution in [3.05, 3.63) is 102 Å². The minimum Gasteiger partial charge on any atom is -0.508 e. The molecule has 39 heavy (non-hydrogen) atoms. The van der Waals surface area contributed by atoms with Crippen molar-refractivity contribution in [2.75, 3.05) is 13.1 Å². The Bertz CT molecular complexity index is 1390. The van der Waals surface area contributed by atoms with Gasteiger partial charge in [-0.15, -0.1) is 0 Å². The molecule has 1 aromatic heterocycles. The third kappa shape index (κ3) is 6.35. The second kappa shape index (κ2) is 11.8. The highest BCUT2D eigenvalue weighted by Gasteiger charge is 2.35. The second-order valence-electron chi connectivity index (χ2n) is 10.4. The Hall–Kier alpha value is -4.01. The number of aromatic nitrogens is 3. The van der Waals surface area contributed by atoms with Crippen LogP contribution in [0.25, 0.3) is 11.3 Å². The van der Waals surface area contributed by atoms with Gasteiger partial charge in [0.2, 0.25) is 0 Å². The SMILES string of the molecule is C[C@@H]1CN([C@H](c2ccc(-c3cnn(CCC(=O)O)n3)cc2)c2cccc(O)c2)[C@@H](C)CN1Cc1ccccc1. The van der Waals surface area contributed by atoms with Crippen LogP contribution in [0.5, 0.6) is 5.75 Å². The number of rotatable bonds is 9. The number of phenolic OH excluding ortho intramolecular Hbond substituents is 1. The summed E-state index contributed by atoms with van der Waals surface area (Å²) in [5, 5.41) is 27.9. The topological polar surface area (TPSA) is 94.7 Å². The Morgan fingerprint density at radius 1 is 0.949 bits per heavy atom. The number of nitrogens with zero attached hydrogens (tertiary/aromatic N) is 5. The number of carboxylic acid groups (broad SMARTS) is 1. The quantitative estimate of drug-likeness (QED) is 0.324. The first-order valence-corrected chi connectivity index (χ1v) is 13.4. The lowest BCUT2D eigenvalue weighted by atomic mass is 9.92. The average molecular weight is 526 g/mol. The van der Waals surface area contributed by atoms with Gasteiger partial charge in [-0.2, -0.15) is 15.0 Å². The van der Waals surface area contributed by atoms with E-state index in [0.717, 1.165) is 36.3 Å². The van der Waals surface area contributed by atoms with Crippen molar-refractivity contribution < 1.29 is 15.0 Å². The van der Waals surface area contributed by atoms with Crippen LogP contribution in [0.1, 0.15) is 43.0 Å². The third-order valence-corrected chi connectivity index (χ3v) is 7.49. The molecule has 202 valence electrons. The van der Waals surface area contributed by atoms with Gasteiger partial charge in [0, 0.05) is 37.3 Å². The molecule has 0 saturated carbocycles. The molecule has 4 aromatic rings. The highest BCUT2D eigenvalue weighted by atomic mass is 16.4. The predicted molar refractivity (Wildman–Crippen MR) is 150 cm³/mol. The fraction of sp³-hybridized carbons (Fsp3) is 0.323. The van der Waals surface area contributed by atoms with Gasteiger partial charge in [-0.05, 0) is 42.7 Å². The molecule has 0 unspecified atom stereocenters. The molecular weight excluding hydrogens is 490 g/mol. The maximum atomic E-state index is 10.9. The highest BCUT2D eigenvalue weighted by Crippen LogP contribution is 2.35. The Morgan fingerprint density at radius 3 is 2.44 bits per heavy atom. The molecule has 2 N–H and O–H groups in total. The second-order valence-corrected chi connectivity index (χ2v) is 10.4. The summed E-state index contributed by atoms with van der Waals surface area (Å²) in [6.45, 7) is 7.58. The third-order valence-electron chi connectivity index (χ3n) is 7.49. The molecule has 0 bridgehead atoms. The van der Waals surface area contributed by atoms with Gasteiger partial charge in [0.1, 0.15) is 11.4 Å². The summed E-state index contributed by atoms with van der Waals surface area (Å²) in [6.07, 6.45) is 1.65. The van der Waals surface area contributed by atoms with E-state index in [-0.39, 0.29) is 24.8 Å². The van der Waals surface area contributed by atoms with E-state index >= 15 is 0 Å². The summed E-state index contributed by atoms with van der Waals surface area (Å²) < 4.78 is 0. The lowest BCUT2D eigenvalue weighted by molar-refractivity contribution is -0.137. The number of hydrogen-bond donors (Lipinski definition) is 2. The maximum absolute atomic E-state index is 10.9. The number of carboxylic acids is 1. The summed E-state index contributed by atoms with van der Waals surface area (Å²) in [5.41, 5.74) is 5.14.